The van der Waals surface area contributed by atoms with Gasteiger partial charge in [-0.3, -0.25) is 9.78 Å². The summed E-state index contributed by atoms with van der Waals surface area (Å²) in [6.45, 7) is 9.87. The first-order chi connectivity index (χ1) is 12.5. The molecule has 2 unspecified atom stereocenters. The average Bonchev–Trinajstić information content (AvgIpc) is 2.66. The number of para-hydroxylation sites is 1. The first-order valence-corrected chi connectivity index (χ1v) is 9.65. The van der Waals surface area contributed by atoms with Crippen LogP contribution in [0, 0.1) is 13.8 Å². The Bertz CT molecular complexity index is 739. The van der Waals surface area contributed by atoms with E-state index in [0.717, 1.165) is 53.8 Å². The Balaban J connectivity index is 1.72. The van der Waals surface area contributed by atoms with Crippen LogP contribution >= 0.6 is 0 Å². The Morgan fingerprint density at radius 2 is 1.96 bits per heavy atom. The molecule has 2 heterocycles. The Kier molecular flexibility index (Phi) is 5.72. The van der Waals surface area contributed by atoms with Gasteiger partial charge in [0, 0.05) is 17.6 Å². The maximum atomic E-state index is 12.9. The van der Waals surface area contributed by atoms with Crippen LogP contribution in [0.25, 0.3) is 0 Å². The number of hydrogen-bond acceptors (Lipinski definition) is 2. The number of nitrogens with one attached hydrogen (secondary N) is 1. The van der Waals surface area contributed by atoms with Crippen molar-refractivity contribution in [3.8, 4) is 0 Å². The van der Waals surface area contributed by atoms with E-state index in [1.54, 1.807) is 0 Å². The second-order valence-electron chi connectivity index (χ2n) is 7.63. The van der Waals surface area contributed by atoms with Crippen LogP contribution in [0.5, 0.6) is 0 Å². The number of carbonyl (C=O) groups excluding carboxylic acids is 1. The minimum Gasteiger partial charge on any atom is -0.321 e. The van der Waals surface area contributed by atoms with Gasteiger partial charge in [0.05, 0.1) is 25.6 Å². The van der Waals surface area contributed by atoms with Crippen LogP contribution in [0.1, 0.15) is 42.5 Å². The molecule has 26 heavy (non-hydrogen) atoms. The van der Waals surface area contributed by atoms with Crippen LogP contribution in [-0.2, 0) is 4.79 Å². The maximum Gasteiger partial charge on any atom is 0.279 e. The van der Waals surface area contributed by atoms with Crippen molar-refractivity contribution in [2.24, 2.45) is 0 Å². The minimum atomic E-state index is 0.117. The van der Waals surface area contributed by atoms with Crippen LogP contribution in [-0.4, -0.2) is 41.6 Å². The summed E-state index contributed by atoms with van der Waals surface area (Å²) in [5.74, 6) is 0.559. The molecule has 1 aromatic heterocycles. The molecule has 4 heteroatoms. The van der Waals surface area contributed by atoms with Gasteiger partial charge in [-0.15, -0.1) is 0 Å². The van der Waals surface area contributed by atoms with E-state index < -0.39 is 0 Å². The van der Waals surface area contributed by atoms with Crippen LogP contribution in [0.2, 0.25) is 0 Å². The quantitative estimate of drug-likeness (QED) is 0.825. The fourth-order valence-electron chi connectivity index (χ4n) is 4.22. The molecular weight excluding hydrogens is 322 g/mol. The molecule has 0 radical (unpaired) electrons. The average molecular weight is 353 g/mol. The normalized spacial score (nSPS) is 22.8. The molecular formula is C22H30N3O+. The summed E-state index contributed by atoms with van der Waals surface area (Å²) in [7, 11) is 0. The Morgan fingerprint density at radius 3 is 2.62 bits per heavy atom. The first-order valence-electron chi connectivity index (χ1n) is 9.65. The largest absolute Gasteiger partial charge is 0.321 e. The molecule has 138 valence electrons. The third kappa shape index (κ3) is 4.13. The van der Waals surface area contributed by atoms with Gasteiger partial charge in [-0.25, -0.2) is 0 Å². The smallest absolute Gasteiger partial charge is 0.279 e. The predicted octanol–water partition coefficient (Wildman–Crippen LogP) is 4.05. The Hall–Kier alpha value is -2.20. The topological polar surface area (TPSA) is 42.0 Å². The lowest BCUT2D eigenvalue weighted by molar-refractivity contribution is -0.924. The van der Waals surface area contributed by atoms with Crippen molar-refractivity contribution in [2.75, 3.05) is 31.5 Å². The lowest BCUT2D eigenvalue weighted by Gasteiger charge is -2.43. The third-order valence-corrected chi connectivity index (χ3v) is 5.79. The van der Waals surface area contributed by atoms with Crippen molar-refractivity contribution in [1.29, 1.82) is 0 Å². The number of piperidine rings is 1. The van der Waals surface area contributed by atoms with Gasteiger partial charge in [-0.2, -0.15) is 0 Å². The molecule has 1 aliphatic rings. The second-order valence-corrected chi connectivity index (χ2v) is 7.63. The van der Waals surface area contributed by atoms with Gasteiger partial charge in [0.15, 0.2) is 6.54 Å². The number of benzene rings is 1. The molecule has 0 bridgehead atoms. The molecule has 1 fully saturated rings. The van der Waals surface area contributed by atoms with Crippen molar-refractivity contribution < 1.29 is 9.28 Å². The van der Waals surface area contributed by atoms with Crippen LogP contribution in [0.15, 0.2) is 42.6 Å². The van der Waals surface area contributed by atoms with Gasteiger partial charge in [-0.1, -0.05) is 24.3 Å². The van der Waals surface area contributed by atoms with E-state index in [1.807, 2.05) is 44.3 Å². The first kappa shape index (κ1) is 18.6. The van der Waals surface area contributed by atoms with Gasteiger partial charge in [-0.05, 0) is 56.9 Å². The van der Waals surface area contributed by atoms with E-state index in [1.165, 1.54) is 5.69 Å². The van der Waals surface area contributed by atoms with Gasteiger partial charge >= 0.3 is 0 Å². The van der Waals surface area contributed by atoms with E-state index in [9.17, 15) is 4.79 Å². The van der Waals surface area contributed by atoms with E-state index in [4.69, 9.17) is 0 Å². The molecule has 4 nitrogen and oxygen atoms in total. The number of aryl methyl sites for hydroxylation is 2. The van der Waals surface area contributed by atoms with Crippen molar-refractivity contribution in [3.05, 3.63) is 59.4 Å². The number of likely N-dealkylation sites (N-methyl/N-ethyl adjacent to an activating group) is 1. The SMILES string of the molecule is CC[N+]1(CC(=O)Nc2c(C)cccc2C)CCCC(c2ccccn2)C1. The molecule has 0 saturated carbocycles. The number of amides is 1. The molecule has 1 amide bonds. The zero-order chi connectivity index (χ0) is 18.6. The fourth-order valence-corrected chi connectivity index (χ4v) is 4.22. The highest BCUT2D eigenvalue weighted by Crippen LogP contribution is 2.30. The number of quaternary nitrogens is 1. The number of pyridine rings is 1. The van der Waals surface area contributed by atoms with Gasteiger partial charge in [0.1, 0.15) is 0 Å². The Morgan fingerprint density at radius 1 is 1.19 bits per heavy atom. The summed E-state index contributed by atoms with van der Waals surface area (Å²) >= 11 is 0. The number of carbonyl (C=O) groups is 1. The molecule has 1 saturated heterocycles. The van der Waals surface area contributed by atoms with Gasteiger partial charge in [0.25, 0.3) is 5.91 Å². The fraction of sp³-hybridized carbons (Fsp3) is 0.455. The second kappa shape index (κ2) is 8.00. The number of anilines is 1. The van der Waals surface area contributed by atoms with E-state index in [2.05, 4.69) is 29.4 Å². The van der Waals surface area contributed by atoms with E-state index in [-0.39, 0.29) is 5.91 Å². The summed E-state index contributed by atoms with van der Waals surface area (Å²) in [6, 6.07) is 12.3. The van der Waals surface area contributed by atoms with E-state index in [0.29, 0.717) is 12.5 Å². The lowest BCUT2D eigenvalue weighted by atomic mass is 9.92. The zero-order valence-corrected chi connectivity index (χ0v) is 16.2. The summed E-state index contributed by atoms with van der Waals surface area (Å²) < 4.78 is 0.845. The van der Waals surface area contributed by atoms with E-state index >= 15 is 0 Å². The molecule has 0 aliphatic carbocycles. The molecule has 1 aromatic carbocycles. The number of hydrogen-bond donors (Lipinski definition) is 1. The molecule has 3 rings (SSSR count). The van der Waals surface area contributed by atoms with Crippen LogP contribution in [0.4, 0.5) is 5.69 Å². The number of rotatable bonds is 5. The maximum absolute atomic E-state index is 12.9. The standard InChI is InChI=1S/C22H29N3O/c1-4-25(14-8-11-19(15-25)20-12-5-6-13-23-20)16-21(26)24-22-17(2)9-7-10-18(22)3/h5-7,9-10,12-13,19H,4,8,11,14-16H2,1-3H3/p+1. The highest BCUT2D eigenvalue weighted by Gasteiger charge is 2.36. The van der Waals surface area contributed by atoms with Crippen LogP contribution < -0.4 is 5.32 Å². The minimum absolute atomic E-state index is 0.117. The highest BCUT2D eigenvalue weighted by molar-refractivity contribution is 5.93. The molecule has 2 atom stereocenters. The highest BCUT2D eigenvalue weighted by atomic mass is 16.2. The van der Waals surface area contributed by atoms with Crippen molar-refractivity contribution in [1.82, 2.24) is 4.98 Å². The zero-order valence-electron chi connectivity index (χ0n) is 16.2. The number of likely N-dealkylation sites (tertiary alicyclic amines) is 1. The van der Waals surface area contributed by atoms with Gasteiger partial charge in [0.2, 0.25) is 0 Å². The summed E-state index contributed by atoms with van der Waals surface area (Å²) in [5, 5.41) is 3.17. The summed E-state index contributed by atoms with van der Waals surface area (Å²) in [6.07, 6.45) is 4.18. The van der Waals surface area contributed by atoms with Gasteiger partial charge < -0.3 is 9.80 Å². The van der Waals surface area contributed by atoms with Crippen LogP contribution in [0.3, 0.4) is 0 Å². The molecule has 1 N–H and O–H groups in total. The summed E-state index contributed by atoms with van der Waals surface area (Å²) in [4.78, 5) is 17.4. The monoisotopic (exact) mass is 352 g/mol. The summed E-state index contributed by atoms with van der Waals surface area (Å²) in [5.41, 5.74) is 4.36. The van der Waals surface area contributed by atoms with Crippen molar-refractivity contribution >= 4 is 11.6 Å². The lowest BCUT2D eigenvalue weighted by Crippen LogP contribution is -2.56. The molecule has 2 aromatic rings. The number of nitrogens with zero attached hydrogens (tertiary/aromatic N) is 2. The molecule has 0 spiro atoms. The predicted molar refractivity (Wildman–Crippen MR) is 106 cm³/mol. The third-order valence-electron chi connectivity index (χ3n) is 5.79. The molecule has 1 aliphatic heterocycles. The number of aromatic nitrogens is 1. The van der Waals surface area contributed by atoms with Crippen molar-refractivity contribution in [3.63, 3.8) is 0 Å². The Labute approximate surface area is 156 Å². The van der Waals surface area contributed by atoms with Crippen molar-refractivity contribution in [2.45, 2.75) is 39.5 Å².